The first-order chi connectivity index (χ1) is 23.3. The molecule has 0 aliphatic heterocycles. The van der Waals surface area contributed by atoms with E-state index in [1.807, 2.05) is 24.3 Å². The molecule has 0 aromatic heterocycles. The van der Waals surface area contributed by atoms with Crippen molar-refractivity contribution >= 4 is 31.3 Å². The van der Waals surface area contributed by atoms with Crippen molar-refractivity contribution in [1.82, 2.24) is 0 Å². The van der Waals surface area contributed by atoms with Gasteiger partial charge in [0.15, 0.2) is 11.6 Å². The average molecular weight is 691 g/mol. The molecule has 13 heteroatoms. The molecule has 0 amide bonds. The second-order valence-corrected chi connectivity index (χ2v) is 12.0. The molecule has 0 saturated heterocycles. The molecule has 12 nitrogen and oxygen atoms in total. The summed E-state index contributed by atoms with van der Waals surface area (Å²) < 4.78 is 44.1. The highest BCUT2D eigenvalue weighted by Crippen LogP contribution is 2.46. The summed E-state index contributed by atoms with van der Waals surface area (Å²) in [5.74, 6) is -1.55. The standard InChI is InChI=1S/C36H35O12P/c1-23(37)45-35-21-29(15-17-31(35)33(39)19-9-25-5-11-27(43-3)12-6-25)47-49(41,42)48-30-16-18-32(36(22-30)46-24(2)38)34(40)20-10-26-7-13-28(44-4)14-8-26/h5-8,11-18,21-22H,9-10,19-20H2,1-4H3,(H,41,42). The molecule has 0 aliphatic carbocycles. The number of rotatable bonds is 16. The van der Waals surface area contributed by atoms with Crippen LogP contribution in [0, 0.1) is 0 Å². The van der Waals surface area contributed by atoms with Crippen molar-refractivity contribution in [2.75, 3.05) is 14.2 Å². The van der Waals surface area contributed by atoms with Gasteiger partial charge in [0.1, 0.15) is 34.5 Å². The summed E-state index contributed by atoms with van der Waals surface area (Å²) in [4.78, 5) is 60.3. The summed E-state index contributed by atoms with van der Waals surface area (Å²) in [6.07, 6.45) is 0.991. The third-order valence-corrected chi connectivity index (χ3v) is 7.94. The summed E-state index contributed by atoms with van der Waals surface area (Å²) in [7, 11) is -1.80. The number of benzene rings is 4. The minimum absolute atomic E-state index is 0.0722. The summed E-state index contributed by atoms with van der Waals surface area (Å²) >= 11 is 0. The van der Waals surface area contributed by atoms with Crippen LogP contribution in [0.5, 0.6) is 34.5 Å². The maximum atomic E-state index is 13.1. The van der Waals surface area contributed by atoms with Gasteiger partial charge in [-0.2, -0.15) is 0 Å². The first-order valence-corrected chi connectivity index (χ1v) is 16.5. The van der Waals surface area contributed by atoms with E-state index < -0.39 is 19.8 Å². The van der Waals surface area contributed by atoms with Crippen LogP contribution in [-0.2, 0) is 27.0 Å². The molecule has 0 spiro atoms. The summed E-state index contributed by atoms with van der Waals surface area (Å²) in [5, 5.41) is 0. The summed E-state index contributed by atoms with van der Waals surface area (Å²) in [6, 6.07) is 21.9. The predicted molar refractivity (Wildman–Crippen MR) is 178 cm³/mol. The van der Waals surface area contributed by atoms with E-state index in [-0.39, 0.29) is 58.5 Å². The van der Waals surface area contributed by atoms with Crippen molar-refractivity contribution in [3.63, 3.8) is 0 Å². The van der Waals surface area contributed by atoms with Crippen LogP contribution in [0.2, 0.25) is 0 Å². The molecule has 0 heterocycles. The largest absolute Gasteiger partial charge is 0.584 e. The van der Waals surface area contributed by atoms with E-state index in [0.717, 1.165) is 37.1 Å². The molecule has 256 valence electrons. The van der Waals surface area contributed by atoms with Crippen molar-refractivity contribution in [2.24, 2.45) is 0 Å². The van der Waals surface area contributed by atoms with Gasteiger partial charge in [0.05, 0.1) is 25.3 Å². The van der Waals surface area contributed by atoms with Gasteiger partial charge in [-0.15, -0.1) is 0 Å². The van der Waals surface area contributed by atoms with Gasteiger partial charge in [-0.05, 0) is 72.5 Å². The highest BCUT2D eigenvalue weighted by Gasteiger charge is 2.28. The van der Waals surface area contributed by atoms with E-state index in [0.29, 0.717) is 24.3 Å². The van der Waals surface area contributed by atoms with Crippen molar-refractivity contribution in [3.05, 3.63) is 107 Å². The Kier molecular flexibility index (Phi) is 12.3. The fraction of sp³-hybridized carbons (Fsp3) is 0.222. The Morgan fingerprint density at radius 2 is 0.918 bits per heavy atom. The number of phosphoric acid groups is 1. The molecular formula is C36H35O12P. The van der Waals surface area contributed by atoms with E-state index in [2.05, 4.69) is 0 Å². The van der Waals surface area contributed by atoms with Crippen LogP contribution in [-0.4, -0.2) is 42.6 Å². The normalized spacial score (nSPS) is 10.9. The molecular weight excluding hydrogens is 655 g/mol. The number of carbonyl (C=O) groups excluding carboxylic acids is 4. The van der Waals surface area contributed by atoms with Gasteiger partial charge >= 0.3 is 19.8 Å². The van der Waals surface area contributed by atoms with E-state index >= 15 is 0 Å². The first-order valence-electron chi connectivity index (χ1n) is 15.0. The third kappa shape index (κ3) is 10.8. The lowest BCUT2D eigenvalue weighted by Crippen LogP contribution is -2.10. The molecule has 0 unspecified atom stereocenters. The predicted octanol–water partition coefficient (Wildman–Crippen LogP) is 6.74. The van der Waals surface area contributed by atoms with Crippen LogP contribution < -0.4 is 28.0 Å². The Hall–Kier alpha value is -5.45. The van der Waals surface area contributed by atoms with Crippen LogP contribution in [0.1, 0.15) is 58.5 Å². The van der Waals surface area contributed by atoms with Gasteiger partial charge < -0.3 is 28.0 Å². The molecule has 0 bridgehead atoms. The van der Waals surface area contributed by atoms with Crippen LogP contribution in [0.15, 0.2) is 84.9 Å². The number of carbonyl (C=O) groups is 4. The first kappa shape index (κ1) is 36.4. The molecule has 0 fully saturated rings. The molecule has 49 heavy (non-hydrogen) atoms. The van der Waals surface area contributed by atoms with E-state index in [1.165, 1.54) is 24.3 Å². The smallest absolute Gasteiger partial charge is 0.497 e. The van der Waals surface area contributed by atoms with Crippen LogP contribution in [0.25, 0.3) is 0 Å². The zero-order chi connectivity index (χ0) is 35.6. The van der Waals surface area contributed by atoms with Gasteiger partial charge in [-0.25, -0.2) is 4.57 Å². The lowest BCUT2D eigenvalue weighted by atomic mass is 10.0. The second-order valence-electron chi connectivity index (χ2n) is 10.7. The quantitative estimate of drug-likeness (QED) is 0.0571. The van der Waals surface area contributed by atoms with Crippen molar-refractivity contribution < 1.29 is 56.6 Å². The topological polar surface area (TPSA) is 161 Å². The third-order valence-electron chi connectivity index (χ3n) is 7.06. The number of ether oxygens (including phenoxy) is 4. The van der Waals surface area contributed by atoms with Gasteiger partial charge in [0.2, 0.25) is 0 Å². The minimum atomic E-state index is -4.91. The lowest BCUT2D eigenvalue weighted by Gasteiger charge is -2.16. The number of methoxy groups -OCH3 is 2. The van der Waals surface area contributed by atoms with Crippen molar-refractivity contribution in [3.8, 4) is 34.5 Å². The fourth-order valence-corrected chi connectivity index (χ4v) is 5.51. The molecule has 4 aromatic rings. The van der Waals surface area contributed by atoms with Crippen LogP contribution >= 0.6 is 7.82 Å². The van der Waals surface area contributed by atoms with Crippen LogP contribution in [0.4, 0.5) is 0 Å². The van der Waals surface area contributed by atoms with E-state index in [4.69, 9.17) is 28.0 Å². The number of aryl methyl sites for hydroxylation is 2. The van der Waals surface area contributed by atoms with Gasteiger partial charge in [0, 0.05) is 38.8 Å². The Morgan fingerprint density at radius 3 is 1.24 bits per heavy atom. The molecule has 4 aromatic carbocycles. The van der Waals surface area contributed by atoms with Crippen LogP contribution in [0.3, 0.4) is 0 Å². The lowest BCUT2D eigenvalue weighted by molar-refractivity contribution is -0.132. The molecule has 0 radical (unpaired) electrons. The van der Waals surface area contributed by atoms with Gasteiger partial charge in [-0.1, -0.05) is 24.3 Å². The van der Waals surface area contributed by atoms with Crippen molar-refractivity contribution in [2.45, 2.75) is 39.5 Å². The monoisotopic (exact) mass is 690 g/mol. The number of Topliss-reactive ketones (excluding diaryl/α,β-unsaturated/α-hetero) is 2. The average Bonchev–Trinajstić information content (AvgIpc) is 3.06. The zero-order valence-corrected chi connectivity index (χ0v) is 28.2. The summed E-state index contributed by atoms with van der Waals surface area (Å²) in [5.41, 5.74) is 1.93. The van der Waals surface area contributed by atoms with Crippen molar-refractivity contribution in [1.29, 1.82) is 0 Å². The molecule has 1 N–H and O–H groups in total. The Bertz CT molecular complexity index is 1730. The zero-order valence-electron chi connectivity index (χ0n) is 27.3. The molecule has 0 aliphatic rings. The molecule has 4 rings (SSSR count). The van der Waals surface area contributed by atoms with E-state index in [1.54, 1.807) is 38.5 Å². The molecule has 0 saturated carbocycles. The minimum Gasteiger partial charge on any atom is -0.497 e. The number of phosphoric ester groups is 1. The number of esters is 2. The highest BCUT2D eigenvalue weighted by atomic mass is 31.2. The van der Waals surface area contributed by atoms with E-state index in [9.17, 15) is 28.6 Å². The molecule has 0 atom stereocenters. The van der Waals surface area contributed by atoms with Gasteiger partial charge in [0.25, 0.3) is 0 Å². The maximum absolute atomic E-state index is 13.1. The fourth-order valence-electron chi connectivity index (χ4n) is 4.71. The Morgan fingerprint density at radius 1 is 0.571 bits per heavy atom. The number of hydrogen-bond donors (Lipinski definition) is 1. The Labute approximate surface area is 283 Å². The number of hydrogen-bond acceptors (Lipinski definition) is 11. The number of ketones is 2. The maximum Gasteiger partial charge on any atom is 0.584 e. The second kappa shape index (κ2) is 16.6. The van der Waals surface area contributed by atoms with Gasteiger partial charge in [-0.3, -0.25) is 24.1 Å². The Balaban J connectivity index is 1.46. The summed E-state index contributed by atoms with van der Waals surface area (Å²) in [6.45, 7) is 2.29. The highest BCUT2D eigenvalue weighted by molar-refractivity contribution is 7.48. The SMILES string of the molecule is COc1ccc(CCC(=O)c2ccc(OP(=O)(O)Oc3ccc(C(=O)CCc4ccc(OC)cc4)c(OC(C)=O)c3)cc2OC(C)=O)cc1.